The smallest absolute Gasteiger partial charge is 0.260 e. The Bertz CT molecular complexity index is 1100. The summed E-state index contributed by atoms with van der Waals surface area (Å²) in [6.45, 7) is 7.14. The van der Waals surface area contributed by atoms with Gasteiger partial charge in [0.1, 0.15) is 5.82 Å². The second kappa shape index (κ2) is 12.6. The van der Waals surface area contributed by atoms with Gasteiger partial charge in [-0.25, -0.2) is 0 Å². The molecule has 1 unspecified atom stereocenters. The average Bonchev–Trinajstić information content (AvgIpc) is 2.86. The number of nitrogens with zero attached hydrogens (tertiary/aromatic N) is 2. The Morgan fingerprint density at radius 1 is 1.06 bits per heavy atom. The Morgan fingerprint density at radius 3 is 2.46 bits per heavy atom. The molecular weight excluding hydrogens is 444 g/mol. The summed E-state index contributed by atoms with van der Waals surface area (Å²) in [6.07, 6.45) is 6.51. The Hall–Kier alpha value is -3.76. The van der Waals surface area contributed by atoms with Crippen LogP contribution in [0, 0.1) is 13.8 Å². The summed E-state index contributed by atoms with van der Waals surface area (Å²) in [5, 5.41) is 15.6. The van der Waals surface area contributed by atoms with Crippen molar-refractivity contribution >= 4 is 29.4 Å². The molecule has 1 aliphatic heterocycles. The highest BCUT2D eigenvalue weighted by molar-refractivity contribution is 6.18. The van der Waals surface area contributed by atoms with Gasteiger partial charge in [-0.05, 0) is 61.6 Å². The van der Waals surface area contributed by atoms with Gasteiger partial charge in [-0.1, -0.05) is 13.0 Å². The molecule has 1 aromatic carbocycles. The second-order valence-corrected chi connectivity index (χ2v) is 8.29. The van der Waals surface area contributed by atoms with E-state index in [0.717, 1.165) is 24.0 Å². The number of nitrogens with two attached hydrogens (primary N) is 1. The van der Waals surface area contributed by atoms with Crippen molar-refractivity contribution in [1.29, 1.82) is 0 Å². The fourth-order valence-electron chi connectivity index (χ4n) is 3.55. The number of hydrogen-bond acceptors (Lipinski definition) is 8. The molecule has 0 aliphatic carbocycles. The predicted octanol–water partition coefficient (Wildman–Crippen LogP) is 1.54. The van der Waals surface area contributed by atoms with E-state index in [1.807, 2.05) is 32.0 Å². The zero-order valence-electron chi connectivity index (χ0n) is 20.4. The topological polar surface area (TPSA) is 146 Å². The molecule has 186 valence electrons. The van der Waals surface area contributed by atoms with E-state index in [0.29, 0.717) is 35.9 Å². The van der Waals surface area contributed by atoms with Crippen LogP contribution in [0.15, 0.2) is 53.0 Å². The minimum atomic E-state index is -0.355. The van der Waals surface area contributed by atoms with Crippen molar-refractivity contribution in [1.82, 2.24) is 20.9 Å². The van der Waals surface area contributed by atoms with Gasteiger partial charge in [0.2, 0.25) is 5.91 Å². The lowest BCUT2D eigenvalue weighted by atomic mass is 10.1. The first-order valence-electron chi connectivity index (χ1n) is 11.7. The molecule has 2 heterocycles. The standard InChI is InChI=1S/C25H34N8O2/c1-4-8-28-23-19(15-30-25(33-23)29-11-7-18-5-9-27-10-6-18)24(35)32-21-13-20(31-22(34)14-26)16(2)12-17(21)3/h5-6,9-10,12-13,15,25,28-29,33H,4,7-8,11,14,26H2,1-3H3,(H,31,34)(H,32,35). The number of pyridine rings is 1. The molecule has 0 spiro atoms. The van der Waals surface area contributed by atoms with Crippen LogP contribution in [-0.2, 0) is 16.0 Å². The summed E-state index contributed by atoms with van der Waals surface area (Å²) in [7, 11) is 0. The number of hydrogen-bond donors (Lipinski definition) is 6. The third-order valence-electron chi connectivity index (χ3n) is 5.48. The molecule has 0 bridgehead atoms. The van der Waals surface area contributed by atoms with E-state index >= 15 is 0 Å². The van der Waals surface area contributed by atoms with Crippen molar-refractivity contribution in [2.45, 2.75) is 39.9 Å². The maximum atomic E-state index is 13.2. The first-order chi connectivity index (χ1) is 16.9. The van der Waals surface area contributed by atoms with Crippen molar-refractivity contribution < 1.29 is 9.59 Å². The van der Waals surface area contributed by atoms with Gasteiger partial charge in [0.05, 0.1) is 12.1 Å². The molecule has 0 saturated carbocycles. The summed E-state index contributed by atoms with van der Waals surface area (Å²) in [5.74, 6) is 0.00871. The van der Waals surface area contributed by atoms with E-state index < -0.39 is 0 Å². The average molecular weight is 479 g/mol. The van der Waals surface area contributed by atoms with Crippen LogP contribution in [0.5, 0.6) is 0 Å². The molecule has 10 nitrogen and oxygen atoms in total. The SMILES string of the molecule is CCCNC1=C(C(=O)Nc2cc(NC(=O)CN)c(C)cc2C)C=NC(NCCc2ccncc2)N1. The molecular formula is C25H34N8O2. The second-order valence-electron chi connectivity index (χ2n) is 8.29. The normalized spacial score (nSPS) is 14.9. The maximum Gasteiger partial charge on any atom is 0.260 e. The largest absolute Gasteiger partial charge is 0.371 e. The molecule has 3 rings (SSSR count). The van der Waals surface area contributed by atoms with Crippen LogP contribution in [0.25, 0.3) is 0 Å². The van der Waals surface area contributed by atoms with Crippen molar-refractivity contribution in [3.05, 3.63) is 64.7 Å². The van der Waals surface area contributed by atoms with E-state index in [4.69, 9.17) is 5.73 Å². The van der Waals surface area contributed by atoms with Crippen LogP contribution < -0.4 is 32.3 Å². The van der Waals surface area contributed by atoms with Gasteiger partial charge in [0.25, 0.3) is 5.91 Å². The van der Waals surface area contributed by atoms with E-state index in [1.54, 1.807) is 24.7 Å². The van der Waals surface area contributed by atoms with E-state index in [9.17, 15) is 9.59 Å². The monoisotopic (exact) mass is 478 g/mol. The number of anilines is 2. The maximum absolute atomic E-state index is 13.2. The molecule has 2 aromatic rings. The highest BCUT2D eigenvalue weighted by Crippen LogP contribution is 2.25. The molecule has 0 radical (unpaired) electrons. The van der Waals surface area contributed by atoms with Gasteiger partial charge < -0.3 is 27.0 Å². The van der Waals surface area contributed by atoms with Gasteiger partial charge in [0, 0.05) is 43.1 Å². The van der Waals surface area contributed by atoms with Crippen LogP contribution in [0.1, 0.15) is 30.0 Å². The molecule has 0 fully saturated rings. The Kier molecular flexibility index (Phi) is 9.33. The molecule has 7 N–H and O–H groups in total. The molecule has 0 saturated heterocycles. The molecule has 35 heavy (non-hydrogen) atoms. The minimum absolute atomic E-state index is 0.117. The van der Waals surface area contributed by atoms with Crippen molar-refractivity contribution in [2.24, 2.45) is 10.7 Å². The van der Waals surface area contributed by atoms with Gasteiger partial charge in [-0.2, -0.15) is 0 Å². The first kappa shape index (κ1) is 25.9. The molecule has 10 heteroatoms. The van der Waals surface area contributed by atoms with Crippen LogP contribution in [-0.4, -0.2) is 48.9 Å². The summed E-state index contributed by atoms with van der Waals surface area (Å²) >= 11 is 0. The van der Waals surface area contributed by atoms with E-state index in [-0.39, 0.29) is 24.6 Å². The lowest BCUT2D eigenvalue weighted by Crippen LogP contribution is -2.48. The fraction of sp³-hybridized carbons (Fsp3) is 0.360. The minimum Gasteiger partial charge on any atom is -0.371 e. The van der Waals surface area contributed by atoms with E-state index in [2.05, 4.69) is 43.5 Å². The summed E-state index contributed by atoms with van der Waals surface area (Å²) in [5.41, 5.74) is 9.97. The quantitative estimate of drug-likeness (QED) is 0.287. The number of aliphatic imine (C=N–C) groups is 1. The molecule has 1 aromatic heterocycles. The molecule has 1 atom stereocenters. The zero-order chi connectivity index (χ0) is 25.2. The Morgan fingerprint density at radius 2 is 1.77 bits per heavy atom. The van der Waals surface area contributed by atoms with Gasteiger partial charge in [-0.3, -0.25) is 24.9 Å². The summed E-state index contributed by atoms with van der Waals surface area (Å²) < 4.78 is 0. The van der Waals surface area contributed by atoms with E-state index in [1.165, 1.54) is 5.56 Å². The first-order valence-corrected chi connectivity index (χ1v) is 11.7. The number of benzene rings is 1. The molecule has 2 amide bonds. The number of nitrogens with one attached hydrogen (secondary N) is 5. The number of rotatable bonds is 11. The van der Waals surface area contributed by atoms with Gasteiger partial charge >= 0.3 is 0 Å². The highest BCUT2D eigenvalue weighted by Gasteiger charge is 2.22. The Labute approximate surface area is 205 Å². The van der Waals surface area contributed by atoms with Crippen LogP contribution in [0.2, 0.25) is 0 Å². The lowest BCUT2D eigenvalue weighted by molar-refractivity contribution is -0.115. The van der Waals surface area contributed by atoms with Crippen molar-refractivity contribution in [3.63, 3.8) is 0 Å². The highest BCUT2D eigenvalue weighted by atomic mass is 16.2. The molecule has 1 aliphatic rings. The third-order valence-corrected chi connectivity index (χ3v) is 5.48. The summed E-state index contributed by atoms with van der Waals surface area (Å²) in [6, 6.07) is 7.61. The van der Waals surface area contributed by atoms with Crippen molar-refractivity contribution in [2.75, 3.05) is 30.3 Å². The van der Waals surface area contributed by atoms with Gasteiger partial charge in [0.15, 0.2) is 6.29 Å². The summed E-state index contributed by atoms with van der Waals surface area (Å²) in [4.78, 5) is 33.5. The zero-order valence-corrected chi connectivity index (χ0v) is 20.4. The number of aryl methyl sites for hydroxylation is 2. The number of carbonyl (C=O) groups excluding carboxylic acids is 2. The third kappa shape index (κ3) is 7.36. The predicted molar refractivity (Wildman–Crippen MR) is 139 cm³/mol. The fourth-order valence-corrected chi connectivity index (χ4v) is 3.55. The van der Waals surface area contributed by atoms with Crippen LogP contribution in [0.3, 0.4) is 0 Å². The van der Waals surface area contributed by atoms with Crippen LogP contribution >= 0.6 is 0 Å². The lowest BCUT2D eigenvalue weighted by Gasteiger charge is -2.26. The number of aromatic nitrogens is 1. The van der Waals surface area contributed by atoms with Crippen LogP contribution in [0.4, 0.5) is 11.4 Å². The van der Waals surface area contributed by atoms with Gasteiger partial charge in [-0.15, -0.1) is 0 Å². The number of carbonyl (C=O) groups is 2. The Balaban J connectivity index is 1.70. The van der Waals surface area contributed by atoms with Crippen molar-refractivity contribution in [3.8, 4) is 0 Å². The number of amides is 2.